The fourth-order valence-electron chi connectivity index (χ4n) is 3.60. The maximum Gasteiger partial charge on any atom is 0.416 e. The molecule has 154 valence electrons. The van der Waals surface area contributed by atoms with Crippen molar-refractivity contribution in [2.75, 3.05) is 0 Å². The van der Waals surface area contributed by atoms with E-state index >= 15 is 0 Å². The van der Waals surface area contributed by atoms with Crippen molar-refractivity contribution in [1.29, 1.82) is 0 Å². The standard InChI is InChI=1S/C22H17F3N2O2S/c1-12-19(21(28)29)13(2)27(26-12)18-8-4-6-15-11-17(30-20(15)18)10-14-5-3-7-16(9-14)22(23,24)25/h3-9,11H,10H2,1-2H3,(H,28,29). The molecule has 2 aromatic carbocycles. The summed E-state index contributed by atoms with van der Waals surface area (Å²) in [6.45, 7) is 3.36. The summed E-state index contributed by atoms with van der Waals surface area (Å²) in [5.74, 6) is -1.03. The van der Waals surface area contributed by atoms with Crippen LogP contribution in [0.5, 0.6) is 0 Å². The Morgan fingerprint density at radius 2 is 1.87 bits per heavy atom. The molecule has 0 aliphatic rings. The van der Waals surface area contributed by atoms with Gasteiger partial charge < -0.3 is 5.11 Å². The molecule has 0 unspecified atom stereocenters. The highest BCUT2D eigenvalue weighted by Gasteiger charge is 2.30. The molecule has 30 heavy (non-hydrogen) atoms. The van der Waals surface area contributed by atoms with E-state index in [1.807, 2.05) is 24.3 Å². The van der Waals surface area contributed by atoms with Crippen LogP contribution in [0.2, 0.25) is 0 Å². The predicted molar refractivity (Wildman–Crippen MR) is 110 cm³/mol. The molecule has 4 aromatic rings. The number of nitrogens with zero attached hydrogens (tertiary/aromatic N) is 2. The SMILES string of the molecule is Cc1nn(-c2cccc3cc(Cc4cccc(C(F)(F)F)c4)sc23)c(C)c1C(=O)O. The summed E-state index contributed by atoms with van der Waals surface area (Å²) in [4.78, 5) is 12.4. The van der Waals surface area contributed by atoms with E-state index in [0.29, 0.717) is 23.4 Å². The molecule has 0 bridgehead atoms. The molecule has 8 heteroatoms. The number of aromatic carboxylic acids is 1. The number of carboxylic acid groups (broad SMARTS) is 1. The third-order valence-electron chi connectivity index (χ3n) is 4.94. The van der Waals surface area contributed by atoms with E-state index in [0.717, 1.165) is 26.7 Å². The van der Waals surface area contributed by atoms with Crippen LogP contribution >= 0.6 is 11.3 Å². The molecule has 2 aromatic heterocycles. The Bertz CT molecular complexity index is 1270. The van der Waals surface area contributed by atoms with Gasteiger partial charge in [-0.05, 0) is 43.0 Å². The number of benzene rings is 2. The average molecular weight is 430 g/mol. The highest BCUT2D eigenvalue weighted by molar-refractivity contribution is 7.19. The summed E-state index contributed by atoms with van der Waals surface area (Å²) in [7, 11) is 0. The second kappa shape index (κ2) is 7.28. The minimum atomic E-state index is -4.37. The molecule has 0 fully saturated rings. The molecule has 0 aliphatic carbocycles. The van der Waals surface area contributed by atoms with E-state index in [2.05, 4.69) is 5.10 Å². The second-order valence-electron chi connectivity index (χ2n) is 7.05. The van der Waals surface area contributed by atoms with Gasteiger partial charge in [0.2, 0.25) is 0 Å². The van der Waals surface area contributed by atoms with Crippen molar-refractivity contribution >= 4 is 27.4 Å². The van der Waals surface area contributed by atoms with Crippen molar-refractivity contribution < 1.29 is 23.1 Å². The van der Waals surface area contributed by atoms with Crippen molar-refractivity contribution in [1.82, 2.24) is 9.78 Å². The van der Waals surface area contributed by atoms with E-state index in [1.165, 1.54) is 23.5 Å². The van der Waals surface area contributed by atoms with Gasteiger partial charge in [-0.15, -0.1) is 11.3 Å². The van der Waals surface area contributed by atoms with Crippen molar-refractivity contribution in [3.63, 3.8) is 0 Å². The Kier molecular flexibility index (Phi) is 4.89. The molecule has 0 atom stereocenters. The van der Waals surface area contributed by atoms with Gasteiger partial charge in [-0.25, -0.2) is 9.48 Å². The Balaban J connectivity index is 1.76. The number of thiophene rings is 1. The van der Waals surface area contributed by atoms with E-state index in [1.54, 1.807) is 24.6 Å². The number of hydrogen-bond donors (Lipinski definition) is 1. The summed E-state index contributed by atoms with van der Waals surface area (Å²) in [5.41, 5.74) is 1.80. The summed E-state index contributed by atoms with van der Waals surface area (Å²) in [6.07, 6.45) is -4.00. The lowest BCUT2D eigenvalue weighted by Crippen LogP contribution is -2.05. The third-order valence-corrected chi connectivity index (χ3v) is 6.11. The molecule has 0 amide bonds. The minimum absolute atomic E-state index is 0.174. The van der Waals surface area contributed by atoms with Crippen molar-refractivity contribution in [2.24, 2.45) is 0 Å². The fraction of sp³-hybridized carbons (Fsp3) is 0.182. The third kappa shape index (κ3) is 3.59. The van der Waals surface area contributed by atoms with Crippen LogP contribution in [0, 0.1) is 13.8 Å². The lowest BCUT2D eigenvalue weighted by atomic mass is 10.1. The average Bonchev–Trinajstić information content (AvgIpc) is 3.20. The molecular formula is C22H17F3N2O2S. The molecule has 4 rings (SSSR count). The van der Waals surface area contributed by atoms with Crippen LogP contribution < -0.4 is 0 Å². The lowest BCUT2D eigenvalue weighted by Gasteiger charge is -2.08. The molecule has 0 aliphatic heterocycles. The van der Waals surface area contributed by atoms with Gasteiger partial charge in [-0.3, -0.25) is 0 Å². The van der Waals surface area contributed by atoms with Gasteiger partial charge in [0, 0.05) is 11.3 Å². The Labute approximate surface area is 174 Å². The van der Waals surface area contributed by atoms with Crippen molar-refractivity contribution in [3.05, 3.63) is 81.5 Å². The molecule has 4 nitrogen and oxygen atoms in total. The maximum atomic E-state index is 13.0. The molecule has 0 saturated heterocycles. The first-order chi connectivity index (χ1) is 14.1. The van der Waals surface area contributed by atoms with Gasteiger partial charge >= 0.3 is 12.1 Å². The van der Waals surface area contributed by atoms with Crippen LogP contribution in [0.3, 0.4) is 0 Å². The van der Waals surface area contributed by atoms with E-state index in [4.69, 9.17) is 0 Å². The van der Waals surface area contributed by atoms with E-state index in [9.17, 15) is 23.1 Å². The van der Waals surface area contributed by atoms with Gasteiger partial charge in [0.05, 0.1) is 27.3 Å². The van der Waals surface area contributed by atoms with Crippen LogP contribution in [-0.4, -0.2) is 20.9 Å². The number of aromatic nitrogens is 2. The summed E-state index contributed by atoms with van der Waals surface area (Å²) < 4.78 is 41.5. The normalized spacial score (nSPS) is 11.9. The Morgan fingerprint density at radius 1 is 1.13 bits per heavy atom. The first kappa shape index (κ1) is 20.2. The quantitative estimate of drug-likeness (QED) is 0.431. The smallest absolute Gasteiger partial charge is 0.416 e. The summed E-state index contributed by atoms with van der Waals surface area (Å²) in [5, 5.41) is 14.8. The van der Waals surface area contributed by atoms with Gasteiger partial charge in [0.25, 0.3) is 0 Å². The number of alkyl halides is 3. The highest BCUT2D eigenvalue weighted by Crippen LogP contribution is 2.34. The van der Waals surface area contributed by atoms with Crippen LogP contribution in [0.1, 0.15) is 37.7 Å². The number of hydrogen-bond acceptors (Lipinski definition) is 3. The van der Waals surface area contributed by atoms with Gasteiger partial charge in [-0.1, -0.05) is 30.3 Å². The highest BCUT2D eigenvalue weighted by atomic mass is 32.1. The number of rotatable bonds is 4. The van der Waals surface area contributed by atoms with Crippen molar-refractivity contribution in [3.8, 4) is 5.69 Å². The first-order valence-electron chi connectivity index (χ1n) is 9.12. The second-order valence-corrected chi connectivity index (χ2v) is 8.18. The number of aryl methyl sites for hydroxylation is 1. The molecule has 0 saturated carbocycles. The van der Waals surface area contributed by atoms with Crippen LogP contribution in [0.25, 0.3) is 15.8 Å². The molecule has 1 N–H and O–H groups in total. The Morgan fingerprint density at radius 3 is 2.53 bits per heavy atom. The number of carbonyl (C=O) groups is 1. The fourth-order valence-corrected chi connectivity index (χ4v) is 4.79. The number of carboxylic acids is 1. The molecule has 2 heterocycles. The minimum Gasteiger partial charge on any atom is -0.478 e. The number of fused-ring (bicyclic) bond motifs is 1. The van der Waals surface area contributed by atoms with Crippen LogP contribution in [0.4, 0.5) is 13.2 Å². The predicted octanol–water partition coefficient (Wildman–Crippen LogP) is 6.01. The maximum absolute atomic E-state index is 13.0. The zero-order valence-corrected chi connectivity index (χ0v) is 16.9. The first-order valence-corrected chi connectivity index (χ1v) is 9.94. The van der Waals surface area contributed by atoms with E-state index < -0.39 is 17.7 Å². The Hall–Kier alpha value is -3.13. The van der Waals surface area contributed by atoms with Crippen molar-refractivity contribution in [2.45, 2.75) is 26.4 Å². The van der Waals surface area contributed by atoms with Gasteiger partial charge in [0.1, 0.15) is 5.56 Å². The summed E-state index contributed by atoms with van der Waals surface area (Å²) in [6, 6.07) is 12.9. The van der Waals surface area contributed by atoms with E-state index in [-0.39, 0.29) is 5.56 Å². The molecule has 0 radical (unpaired) electrons. The summed E-state index contributed by atoms with van der Waals surface area (Å²) >= 11 is 1.47. The van der Waals surface area contributed by atoms with Gasteiger partial charge in [-0.2, -0.15) is 18.3 Å². The zero-order valence-electron chi connectivity index (χ0n) is 16.1. The molecule has 0 spiro atoms. The van der Waals surface area contributed by atoms with Crippen LogP contribution in [-0.2, 0) is 12.6 Å². The molecular weight excluding hydrogens is 413 g/mol. The zero-order chi connectivity index (χ0) is 21.6. The van der Waals surface area contributed by atoms with Crippen LogP contribution in [0.15, 0.2) is 48.5 Å². The monoisotopic (exact) mass is 430 g/mol. The van der Waals surface area contributed by atoms with Gasteiger partial charge in [0.15, 0.2) is 0 Å². The number of halogens is 3. The largest absolute Gasteiger partial charge is 0.478 e. The topological polar surface area (TPSA) is 55.1 Å². The lowest BCUT2D eigenvalue weighted by molar-refractivity contribution is -0.137.